The second kappa shape index (κ2) is 11.2. The Balaban J connectivity index is 1.85. The molecule has 0 bridgehead atoms. The molecule has 3 aromatic heterocycles. The molecule has 9 heteroatoms. The number of aliphatic hydroxyl groups is 1. The van der Waals surface area contributed by atoms with E-state index in [1.54, 1.807) is 24.2 Å². The highest BCUT2D eigenvalue weighted by Crippen LogP contribution is 2.34. The van der Waals surface area contributed by atoms with Crippen molar-refractivity contribution in [1.29, 1.82) is 5.26 Å². The van der Waals surface area contributed by atoms with Crippen molar-refractivity contribution in [2.24, 2.45) is 0 Å². The van der Waals surface area contributed by atoms with Crippen LogP contribution in [0.5, 0.6) is 5.75 Å². The molecule has 0 unspecified atom stereocenters. The average molecular weight is 470 g/mol. The maximum Gasteiger partial charge on any atom is 0.163 e. The topological polar surface area (TPSA) is 122 Å². The first kappa shape index (κ1) is 23.9. The Labute approximate surface area is 204 Å². The standard InChI is InChI=1S/C26H27N7O2/c1-18-12-20(14-21(13-18)35-2)25-22(17-33(32-25)10-7-27)23-15-24(29-9-3-4-11-34)31-26(30-23)19-6-5-8-28-16-19/h5-6,8,12-17,34H,3-4,9-11H2,1-2H3,(H,29,30,31). The van der Waals surface area contributed by atoms with Crippen molar-refractivity contribution in [3.63, 3.8) is 0 Å². The van der Waals surface area contributed by atoms with Crippen LogP contribution < -0.4 is 10.1 Å². The van der Waals surface area contributed by atoms with Gasteiger partial charge in [0.05, 0.1) is 18.9 Å². The van der Waals surface area contributed by atoms with Crippen molar-refractivity contribution in [2.45, 2.75) is 26.3 Å². The molecule has 0 aliphatic carbocycles. The van der Waals surface area contributed by atoms with Crippen molar-refractivity contribution in [2.75, 3.05) is 25.6 Å². The van der Waals surface area contributed by atoms with Crippen LogP contribution in [0.15, 0.2) is 55.0 Å². The van der Waals surface area contributed by atoms with E-state index in [-0.39, 0.29) is 13.2 Å². The molecule has 9 nitrogen and oxygen atoms in total. The lowest BCUT2D eigenvalue weighted by Gasteiger charge is -2.11. The number of benzene rings is 1. The highest BCUT2D eigenvalue weighted by molar-refractivity contribution is 5.81. The minimum absolute atomic E-state index is 0.114. The molecule has 178 valence electrons. The Morgan fingerprint density at radius 1 is 1.14 bits per heavy atom. The number of unbranched alkanes of at least 4 members (excludes halogenated alkanes) is 1. The third-order valence-corrected chi connectivity index (χ3v) is 5.37. The van der Waals surface area contributed by atoms with Gasteiger partial charge in [0.1, 0.15) is 23.8 Å². The van der Waals surface area contributed by atoms with Crippen LogP contribution in [0.25, 0.3) is 33.9 Å². The molecule has 0 atom stereocenters. The molecular formula is C26H27N7O2. The van der Waals surface area contributed by atoms with Gasteiger partial charge in [-0.2, -0.15) is 10.4 Å². The Morgan fingerprint density at radius 3 is 2.77 bits per heavy atom. The van der Waals surface area contributed by atoms with Gasteiger partial charge in [-0.05, 0) is 55.7 Å². The molecule has 0 spiro atoms. The maximum atomic E-state index is 9.27. The third-order valence-electron chi connectivity index (χ3n) is 5.37. The number of rotatable bonds is 10. The number of aliphatic hydroxyl groups excluding tert-OH is 1. The Hall–Kier alpha value is -4.29. The molecule has 0 saturated heterocycles. The molecule has 0 radical (unpaired) electrons. The lowest BCUT2D eigenvalue weighted by atomic mass is 10.0. The minimum atomic E-state index is 0.114. The van der Waals surface area contributed by atoms with Gasteiger partial charge < -0.3 is 15.2 Å². The molecular weight excluding hydrogens is 442 g/mol. The van der Waals surface area contributed by atoms with Crippen molar-refractivity contribution in [3.8, 4) is 45.7 Å². The number of pyridine rings is 1. The van der Waals surface area contributed by atoms with E-state index in [1.165, 1.54) is 0 Å². The van der Waals surface area contributed by atoms with Crippen LogP contribution in [0.1, 0.15) is 18.4 Å². The summed E-state index contributed by atoms with van der Waals surface area (Å²) in [5.74, 6) is 1.92. The predicted octanol–water partition coefficient (Wildman–Crippen LogP) is 4.09. The summed E-state index contributed by atoms with van der Waals surface area (Å²) in [5, 5.41) is 26.4. The van der Waals surface area contributed by atoms with Crippen molar-refractivity contribution >= 4 is 5.82 Å². The summed E-state index contributed by atoms with van der Waals surface area (Å²) in [6, 6.07) is 13.7. The number of hydrogen-bond donors (Lipinski definition) is 2. The second-order valence-corrected chi connectivity index (χ2v) is 8.05. The summed E-state index contributed by atoms with van der Waals surface area (Å²) in [4.78, 5) is 13.7. The molecule has 4 rings (SSSR count). The van der Waals surface area contributed by atoms with Gasteiger partial charge in [0.25, 0.3) is 0 Å². The Kier molecular flexibility index (Phi) is 7.65. The summed E-state index contributed by atoms with van der Waals surface area (Å²) in [7, 11) is 1.63. The van der Waals surface area contributed by atoms with Gasteiger partial charge in [0.15, 0.2) is 5.82 Å². The van der Waals surface area contributed by atoms with E-state index in [0.29, 0.717) is 36.0 Å². The minimum Gasteiger partial charge on any atom is -0.497 e. The van der Waals surface area contributed by atoms with Gasteiger partial charge in [-0.25, -0.2) is 9.97 Å². The van der Waals surface area contributed by atoms with Crippen molar-refractivity contribution in [1.82, 2.24) is 24.7 Å². The summed E-state index contributed by atoms with van der Waals surface area (Å²) in [6.07, 6.45) is 6.78. The van der Waals surface area contributed by atoms with E-state index in [1.807, 2.05) is 49.5 Å². The molecule has 4 aromatic rings. The molecule has 2 N–H and O–H groups in total. The van der Waals surface area contributed by atoms with Crippen LogP contribution >= 0.6 is 0 Å². The van der Waals surface area contributed by atoms with Gasteiger partial charge in [-0.1, -0.05) is 0 Å². The lowest BCUT2D eigenvalue weighted by Crippen LogP contribution is -2.06. The van der Waals surface area contributed by atoms with E-state index in [9.17, 15) is 5.26 Å². The number of nitrogens with zero attached hydrogens (tertiary/aromatic N) is 6. The quantitative estimate of drug-likeness (QED) is 0.333. The first-order valence-corrected chi connectivity index (χ1v) is 11.4. The maximum absolute atomic E-state index is 9.27. The molecule has 0 aliphatic heterocycles. The molecule has 0 aliphatic rings. The summed E-state index contributed by atoms with van der Waals surface area (Å²) in [5.41, 5.74) is 4.83. The average Bonchev–Trinajstić information content (AvgIpc) is 3.31. The van der Waals surface area contributed by atoms with Crippen LogP contribution in [-0.2, 0) is 6.54 Å². The largest absolute Gasteiger partial charge is 0.497 e. The van der Waals surface area contributed by atoms with E-state index in [0.717, 1.165) is 34.4 Å². The fourth-order valence-corrected chi connectivity index (χ4v) is 3.73. The van der Waals surface area contributed by atoms with Gasteiger partial charge in [0, 0.05) is 54.5 Å². The van der Waals surface area contributed by atoms with Crippen molar-refractivity contribution in [3.05, 3.63) is 60.6 Å². The number of nitriles is 1. The molecule has 0 saturated carbocycles. The first-order chi connectivity index (χ1) is 17.1. The molecule has 1 aromatic carbocycles. The van der Waals surface area contributed by atoms with E-state index in [2.05, 4.69) is 21.4 Å². The zero-order chi connectivity index (χ0) is 24.6. The van der Waals surface area contributed by atoms with Gasteiger partial charge >= 0.3 is 0 Å². The Bertz CT molecular complexity index is 1330. The van der Waals surface area contributed by atoms with Crippen LogP contribution in [-0.4, -0.2) is 50.1 Å². The zero-order valence-electron chi connectivity index (χ0n) is 19.8. The second-order valence-electron chi connectivity index (χ2n) is 8.05. The number of hydrogen-bond acceptors (Lipinski definition) is 8. The molecule has 0 fully saturated rings. The Morgan fingerprint density at radius 2 is 2.03 bits per heavy atom. The molecule has 35 heavy (non-hydrogen) atoms. The van der Waals surface area contributed by atoms with Crippen molar-refractivity contribution < 1.29 is 9.84 Å². The summed E-state index contributed by atoms with van der Waals surface area (Å²) >= 11 is 0. The fourth-order valence-electron chi connectivity index (χ4n) is 3.73. The van der Waals surface area contributed by atoms with Crippen LogP contribution in [0, 0.1) is 18.3 Å². The summed E-state index contributed by atoms with van der Waals surface area (Å²) in [6.45, 7) is 2.93. The number of ether oxygens (including phenoxy) is 1. The predicted molar refractivity (Wildman–Crippen MR) is 134 cm³/mol. The van der Waals surface area contributed by atoms with E-state index in [4.69, 9.17) is 19.9 Å². The van der Waals surface area contributed by atoms with Gasteiger partial charge in [0.2, 0.25) is 0 Å². The zero-order valence-corrected chi connectivity index (χ0v) is 19.8. The third kappa shape index (κ3) is 5.80. The monoisotopic (exact) mass is 469 g/mol. The lowest BCUT2D eigenvalue weighted by molar-refractivity contribution is 0.286. The normalized spacial score (nSPS) is 10.7. The fraction of sp³-hybridized carbons (Fsp3) is 0.269. The van der Waals surface area contributed by atoms with Crippen LogP contribution in [0.4, 0.5) is 5.82 Å². The number of aromatic nitrogens is 5. The van der Waals surface area contributed by atoms with Crippen LogP contribution in [0.2, 0.25) is 0 Å². The summed E-state index contributed by atoms with van der Waals surface area (Å²) < 4.78 is 7.08. The molecule has 3 heterocycles. The molecule has 0 amide bonds. The van der Waals surface area contributed by atoms with Crippen LogP contribution in [0.3, 0.4) is 0 Å². The highest BCUT2D eigenvalue weighted by Gasteiger charge is 2.18. The number of nitrogens with one attached hydrogen (secondary N) is 1. The highest BCUT2D eigenvalue weighted by atomic mass is 16.5. The van der Waals surface area contributed by atoms with Gasteiger partial charge in [-0.15, -0.1) is 0 Å². The number of anilines is 1. The van der Waals surface area contributed by atoms with E-state index < -0.39 is 0 Å². The first-order valence-electron chi connectivity index (χ1n) is 11.4. The van der Waals surface area contributed by atoms with Gasteiger partial charge in [-0.3, -0.25) is 9.67 Å². The number of aryl methyl sites for hydroxylation is 1. The van der Waals surface area contributed by atoms with E-state index >= 15 is 0 Å². The SMILES string of the molecule is COc1cc(C)cc(-c2nn(CC#N)cc2-c2cc(NCCCCO)nc(-c3cccnc3)n2)c1. The number of methoxy groups -OCH3 is 1. The smallest absolute Gasteiger partial charge is 0.163 e.